The molecule has 2 aliphatic rings. The van der Waals surface area contributed by atoms with Crippen molar-refractivity contribution in [3.05, 3.63) is 17.0 Å². The first-order valence-corrected chi connectivity index (χ1v) is 8.51. The van der Waals surface area contributed by atoms with Crippen molar-refractivity contribution < 1.29 is 19.4 Å². The number of carbonyl (C=O) groups excluding carboxylic acids is 2. The van der Waals surface area contributed by atoms with Gasteiger partial charge in [-0.3, -0.25) is 9.48 Å². The van der Waals surface area contributed by atoms with Gasteiger partial charge in [-0.25, -0.2) is 4.79 Å². The molecule has 2 amide bonds. The molecule has 0 radical (unpaired) electrons. The number of β-amino-alcohol motifs (C(OH)–C–C–N with tert-alkyl or cyclic N) is 1. The largest absolute Gasteiger partial charge is 0.444 e. The second kappa shape index (κ2) is 5.72. The van der Waals surface area contributed by atoms with Crippen LogP contribution in [-0.4, -0.2) is 68.0 Å². The molecular weight excluding hydrogens is 324 g/mol. The Morgan fingerprint density at radius 3 is 2.64 bits per heavy atom. The molecule has 0 bridgehead atoms. The quantitative estimate of drug-likeness (QED) is 0.754. The van der Waals surface area contributed by atoms with Crippen LogP contribution in [0.2, 0.25) is 0 Å². The van der Waals surface area contributed by atoms with Crippen molar-refractivity contribution in [1.29, 1.82) is 0 Å². The molecule has 0 fully saturated rings. The molecule has 1 atom stereocenters. The van der Waals surface area contributed by atoms with E-state index in [0.29, 0.717) is 25.2 Å². The lowest BCUT2D eigenvalue weighted by Gasteiger charge is -2.30. The van der Waals surface area contributed by atoms with Gasteiger partial charge in [-0.15, -0.1) is 0 Å². The SMILES string of the molecule is CN1CC(C)(O)Cn2nc3c(c2C1=O)CN(C(=O)OC(C)(C)C)CC3. The second-order valence-electron chi connectivity index (χ2n) is 8.24. The summed E-state index contributed by atoms with van der Waals surface area (Å²) in [6, 6.07) is 0. The van der Waals surface area contributed by atoms with Gasteiger partial charge in [0.15, 0.2) is 0 Å². The van der Waals surface area contributed by atoms with Gasteiger partial charge in [-0.1, -0.05) is 0 Å². The van der Waals surface area contributed by atoms with Gasteiger partial charge in [0, 0.05) is 25.6 Å². The standard InChI is InChI=1S/C17H26N4O4/c1-16(2,3)25-15(23)20-7-6-12-11(8-20)13-14(22)19(5)9-17(4,24)10-21(13)18-12/h24H,6-10H2,1-5H3. The number of aliphatic hydroxyl groups is 1. The summed E-state index contributed by atoms with van der Waals surface area (Å²) < 4.78 is 7.04. The molecule has 0 aliphatic carbocycles. The predicted octanol–water partition coefficient (Wildman–Crippen LogP) is 1.01. The van der Waals surface area contributed by atoms with Gasteiger partial charge in [0.05, 0.1) is 30.9 Å². The summed E-state index contributed by atoms with van der Waals surface area (Å²) in [5.41, 5.74) is 0.418. The lowest BCUT2D eigenvalue weighted by molar-refractivity contribution is 0.0169. The predicted molar refractivity (Wildman–Crippen MR) is 90.2 cm³/mol. The minimum absolute atomic E-state index is 0.183. The number of ether oxygens (including phenoxy) is 1. The first-order valence-electron chi connectivity index (χ1n) is 8.51. The second-order valence-corrected chi connectivity index (χ2v) is 8.24. The Morgan fingerprint density at radius 1 is 1.32 bits per heavy atom. The van der Waals surface area contributed by atoms with Crippen LogP contribution < -0.4 is 0 Å². The highest BCUT2D eigenvalue weighted by atomic mass is 16.6. The van der Waals surface area contributed by atoms with Crippen molar-refractivity contribution in [3.63, 3.8) is 0 Å². The normalized spacial score (nSPS) is 23.8. The highest BCUT2D eigenvalue weighted by Gasteiger charge is 2.38. The van der Waals surface area contributed by atoms with Gasteiger partial charge in [-0.05, 0) is 27.7 Å². The zero-order valence-corrected chi connectivity index (χ0v) is 15.5. The van der Waals surface area contributed by atoms with Gasteiger partial charge < -0.3 is 19.6 Å². The number of fused-ring (bicyclic) bond motifs is 3. The molecule has 138 valence electrons. The average Bonchev–Trinajstić information content (AvgIpc) is 2.75. The van der Waals surface area contributed by atoms with E-state index in [1.165, 1.54) is 4.90 Å². The maximum atomic E-state index is 12.8. The number of hydrogen-bond donors (Lipinski definition) is 1. The Morgan fingerprint density at radius 2 is 2.00 bits per heavy atom. The van der Waals surface area contributed by atoms with Crippen LogP contribution in [0.1, 0.15) is 49.4 Å². The molecule has 3 rings (SSSR count). The van der Waals surface area contributed by atoms with Crippen molar-refractivity contribution in [2.45, 2.75) is 58.4 Å². The van der Waals surface area contributed by atoms with Crippen LogP contribution in [0.4, 0.5) is 4.79 Å². The number of nitrogens with zero attached hydrogens (tertiary/aromatic N) is 4. The fraction of sp³-hybridized carbons (Fsp3) is 0.706. The van der Waals surface area contributed by atoms with Crippen LogP contribution in [-0.2, 0) is 24.2 Å². The van der Waals surface area contributed by atoms with E-state index < -0.39 is 11.2 Å². The Kier molecular flexibility index (Phi) is 4.06. The Balaban J connectivity index is 1.92. The minimum atomic E-state index is -1.05. The maximum Gasteiger partial charge on any atom is 0.410 e. The molecule has 0 saturated heterocycles. The molecule has 8 heteroatoms. The van der Waals surface area contributed by atoms with Crippen molar-refractivity contribution in [2.75, 3.05) is 20.1 Å². The number of amides is 2. The number of hydrogen-bond acceptors (Lipinski definition) is 5. The van der Waals surface area contributed by atoms with Gasteiger partial charge in [0.25, 0.3) is 5.91 Å². The van der Waals surface area contributed by atoms with E-state index >= 15 is 0 Å². The molecule has 1 N–H and O–H groups in total. The fourth-order valence-corrected chi connectivity index (χ4v) is 3.40. The van der Waals surface area contributed by atoms with Crippen molar-refractivity contribution in [1.82, 2.24) is 19.6 Å². The van der Waals surface area contributed by atoms with Crippen LogP contribution in [0.25, 0.3) is 0 Å². The Bertz CT molecular complexity index is 717. The third-order valence-electron chi connectivity index (χ3n) is 4.37. The highest BCUT2D eigenvalue weighted by Crippen LogP contribution is 2.28. The monoisotopic (exact) mass is 350 g/mol. The first kappa shape index (κ1) is 17.7. The van der Waals surface area contributed by atoms with E-state index in [-0.39, 0.29) is 25.1 Å². The van der Waals surface area contributed by atoms with E-state index in [0.717, 1.165) is 11.3 Å². The summed E-state index contributed by atoms with van der Waals surface area (Å²) in [6.45, 7) is 8.45. The summed E-state index contributed by atoms with van der Waals surface area (Å²) in [6.07, 6.45) is 0.174. The average molecular weight is 350 g/mol. The maximum absolute atomic E-state index is 12.8. The lowest BCUT2D eigenvalue weighted by Crippen LogP contribution is -2.42. The minimum Gasteiger partial charge on any atom is -0.444 e. The van der Waals surface area contributed by atoms with Crippen molar-refractivity contribution in [3.8, 4) is 0 Å². The molecule has 3 heterocycles. The molecule has 1 aromatic heterocycles. The molecule has 2 aliphatic heterocycles. The van der Waals surface area contributed by atoms with E-state index in [1.807, 2.05) is 20.8 Å². The topological polar surface area (TPSA) is 87.9 Å². The lowest BCUT2D eigenvalue weighted by atomic mass is 10.0. The van der Waals surface area contributed by atoms with Crippen molar-refractivity contribution in [2.24, 2.45) is 0 Å². The molecule has 8 nitrogen and oxygen atoms in total. The number of rotatable bonds is 0. The number of aromatic nitrogens is 2. The summed E-state index contributed by atoms with van der Waals surface area (Å²) in [7, 11) is 1.67. The van der Waals surface area contributed by atoms with Crippen molar-refractivity contribution >= 4 is 12.0 Å². The molecule has 1 unspecified atom stereocenters. The molecule has 1 aromatic rings. The third kappa shape index (κ3) is 3.49. The molecule has 0 spiro atoms. The first-order chi connectivity index (χ1) is 11.5. The number of likely N-dealkylation sites (N-methyl/N-ethyl adjacent to an activating group) is 1. The smallest absolute Gasteiger partial charge is 0.410 e. The summed E-state index contributed by atoms with van der Waals surface area (Å²) in [4.78, 5) is 28.3. The summed E-state index contributed by atoms with van der Waals surface area (Å²) >= 11 is 0. The number of carbonyl (C=O) groups is 2. The van der Waals surface area contributed by atoms with E-state index in [1.54, 1.807) is 23.6 Å². The zero-order valence-electron chi connectivity index (χ0n) is 15.5. The van der Waals surface area contributed by atoms with Gasteiger partial charge in [-0.2, -0.15) is 5.10 Å². The molecular formula is C17H26N4O4. The van der Waals surface area contributed by atoms with Gasteiger partial charge >= 0.3 is 6.09 Å². The summed E-state index contributed by atoms with van der Waals surface area (Å²) in [5, 5.41) is 15.0. The van der Waals surface area contributed by atoms with E-state index in [4.69, 9.17) is 4.74 Å². The molecule has 25 heavy (non-hydrogen) atoms. The Hall–Kier alpha value is -2.09. The van der Waals surface area contributed by atoms with Crippen LogP contribution >= 0.6 is 0 Å². The van der Waals surface area contributed by atoms with E-state index in [2.05, 4.69) is 5.10 Å². The third-order valence-corrected chi connectivity index (χ3v) is 4.37. The summed E-state index contributed by atoms with van der Waals surface area (Å²) in [5.74, 6) is -0.183. The van der Waals surface area contributed by atoms with Gasteiger partial charge in [0.2, 0.25) is 0 Å². The highest BCUT2D eigenvalue weighted by molar-refractivity contribution is 5.94. The van der Waals surface area contributed by atoms with Crippen LogP contribution in [0.15, 0.2) is 0 Å². The zero-order chi connectivity index (χ0) is 18.6. The molecule has 0 saturated carbocycles. The van der Waals surface area contributed by atoms with Gasteiger partial charge in [0.1, 0.15) is 11.3 Å². The van der Waals surface area contributed by atoms with Crippen LogP contribution in [0.5, 0.6) is 0 Å². The molecule has 0 aromatic carbocycles. The van der Waals surface area contributed by atoms with Crippen LogP contribution in [0, 0.1) is 0 Å². The van der Waals surface area contributed by atoms with Crippen LogP contribution in [0.3, 0.4) is 0 Å². The Labute approximate surface area is 147 Å². The van der Waals surface area contributed by atoms with E-state index in [9.17, 15) is 14.7 Å². The fourth-order valence-electron chi connectivity index (χ4n) is 3.40.